The standard InChI is InChI=1S/C11H16BrN3O/c1-3-9-6-16-8(2)5-15(9)11-4-10(12)13-7-14-11/h4,7-9H,3,5-6H2,1-2H3. The molecule has 0 spiro atoms. The van der Waals surface area contributed by atoms with Gasteiger partial charge in [-0.15, -0.1) is 0 Å². The number of aromatic nitrogens is 2. The first kappa shape index (κ1) is 11.8. The van der Waals surface area contributed by atoms with Gasteiger partial charge in [-0.1, -0.05) is 6.92 Å². The van der Waals surface area contributed by atoms with Crippen LogP contribution >= 0.6 is 15.9 Å². The number of hydrogen-bond acceptors (Lipinski definition) is 4. The summed E-state index contributed by atoms with van der Waals surface area (Å²) in [6, 6.07) is 2.37. The molecule has 1 aromatic rings. The summed E-state index contributed by atoms with van der Waals surface area (Å²) in [5.41, 5.74) is 0. The van der Waals surface area contributed by atoms with Crippen molar-refractivity contribution in [2.24, 2.45) is 0 Å². The molecule has 2 atom stereocenters. The average Bonchev–Trinajstić information content (AvgIpc) is 2.29. The molecule has 1 saturated heterocycles. The first-order chi connectivity index (χ1) is 7.70. The van der Waals surface area contributed by atoms with Crippen LogP contribution in [0.2, 0.25) is 0 Å². The van der Waals surface area contributed by atoms with Gasteiger partial charge >= 0.3 is 0 Å². The largest absolute Gasteiger partial charge is 0.375 e. The molecular formula is C11H16BrN3O. The van der Waals surface area contributed by atoms with Gasteiger partial charge in [-0.2, -0.15) is 0 Å². The SMILES string of the molecule is CCC1COC(C)CN1c1cc(Br)ncn1. The van der Waals surface area contributed by atoms with E-state index in [-0.39, 0.29) is 6.10 Å². The minimum Gasteiger partial charge on any atom is -0.375 e. The average molecular weight is 286 g/mol. The highest BCUT2D eigenvalue weighted by Gasteiger charge is 2.26. The predicted octanol–water partition coefficient (Wildman–Crippen LogP) is 2.24. The quantitative estimate of drug-likeness (QED) is 0.782. The number of rotatable bonds is 2. The zero-order valence-electron chi connectivity index (χ0n) is 9.56. The van der Waals surface area contributed by atoms with Crippen LogP contribution in [0.3, 0.4) is 0 Å². The molecule has 0 N–H and O–H groups in total. The molecule has 2 rings (SSSR count). The third-order valence-electron chi connectivity index (χ3n) is 2.85. The van der Waals surface area contributed by atoms with Crippen molar-refractivity contribution in [3.05, 3.63) is 17.0 Å². The van der Waals surface area contributed by atoms with Gasteiger partial charge in [0, 0.05) is 12.6 Å². The molecule has 0 bridgehead atoms. The maximum absolute atomic E-state index is 5.67. The Balaban J connectivity index is 2.22. The summed E-state index contributed by atoms with van der Waals surface area (Å²) < 4.78 is 6.49. The number of nitrogens with zero attached hydrogens (tertiary/aromatic N) is 3. The van der Waals surface area contributed by atoms with Crippen LogP contribution in [0.25, 0.3) is 0 Å². The van der Waals surface area contributed by atoms with E-state index in [9.17, 15) is 0 Å². The molecule has 0 amide bonds. The second kappa shape index (κ2) is 5.10. The highest BCUT2D eigenvalue weighted by molar-refractivity contribution is 9.10. The van der Waals surface area contributed by atoms with Gasteiger partial charge in [0.1, 0.15) is 16.7 Å². The molecule has 1 aliphatic heterocycles. The summed E-state index contributed by atoms with van der Waals surface area (Å²) in [5.74, 6) is 0.976. The van der Waals surface area contributed by atoms with Gasteiger partial charge in [-0.05, 0) is 29.3 Å². The topological polar surface area (TPSA) is 38.2 Å². The first-order valence-electron chi connectivity index (χ1n) is 5.56. The number of hydrogen-bond donors (Lipinski definition) is 0. The smallest absolute Gasteiger partial charge is 0.133 e. The minimum absolute atomic E-state index is 0.261. The van der Waals surface area contributed by atoms with Crippen molar-refractivity contribution < 1.29 is 4.74 Å². The molecule has 0 aromatic carbocycles. The molecule has 16 heavy (non-hydrogen) atoms. The van der Waals surface area contributed by atoms with Crippen LogP contribution in [0.1, 0.15) is 20.3 Å². The van der Waals surface area contributed by atoms with E-state index in [1.165, 1.54) is 0 Å². The van der Waals surface area contributed by atoms with Crippen LogP contribution in [0, 0.1) is 0 Å². The number of anilines is 1. The minimum atomic E-state index is 0.261. The Labute approximate surface area is 104 Å². The maximum Gasteiger partial charge on any atom is 0.133 e. The summed E-state index contributed by atoms with van der Waals surface area (Å²) in [7, 11) is 0. The molecule has 4 nitrogen and oxygen atoms in total. The van der Waals surface area contributed by atoms with Crippen LogP contribution in [0.15, 0.2) is 17.0 Å². The van der Waals surface area contributed by atoms with E-state index in [0.717, 1.165) is 30.0 Å². The van der Waals surface area contributed by atoms with Crippen LogP contribution in [0.5, 0.6) is 0 Å². The van der Waals surface area contributed by atoms with Crippen molar-refractivity contribution in [1.29, 1.82) is 0 Å². The van der Waals surface area contributed by atoms with E-state index < -0.39 is 0 Å². The maximum atomic E-state index is 5.67. The van der Waals surface area contributed by atoms with Crippen LogP contribution < -0.4 is 4.90 Å². The number of halogens is 1. The van der Waals surface area contributed by atoms with E-state index in [1.807, 2.05) is 6.07 Å². The Bertz CT molecular complexity index is 361. The fourth-order valence-corrected chi connectivity index (χ4v) is 2.24. The third-order valence-corrected chi connectivity index (χ3v) is 3.29. The summed E-state index contributed by atoms with van der Waals surface area (Å²) in [6.07, 6.45) is 2.91. The summed E-state index contributed by atoms with van der Waals surface area (Å²) in [4.78, 5) is 10.7. The zero-order chi connectivity index (χ0) is 11.5. The first-order valence-corrected chi connectivity index (χ1v) is 6.35. The van der Waals surface area contributed by atoms with Gasteiger partial charge in [0.2, 0.25) is 0 Å². The van der Waals surface area contributed by atoms with Gasteiger partial charge in [-0.3, -0.25) is 0 Å². The van der Waals surface area contributed by atoms with Gasteiger partial charge in [0.15, 0.2) is 0 Å². The van der Waals surface area contributed by atoms with Crippen LogP contribution in [-0.4, -0.2) is 35.3 Å². The van der Waals surface area contributed by atoms with Crippen molar-refractivity contribution in [3.8, 4) is 0 Å². The number of morpholine rings is 1. The van der Waals surface area contributed by atoms with Gasteiger partial charge < -0.3 is 9.64 Å². The van der Waals surface area contributed by atoms with E-state index in [0.29, 0.717) is 6.04 Å². The molecule has 1 fully saturated rings. The molecule has 5 heteroatoms. The predicted molar refractivity (Wildman–Crippen MR) is 66.6 cm³/mol. The van der Waals surface area contributed by atoms with Crippen LogP contribution in [-0.2, 0) is 4.74 Å². The van der Waals surface area contributed by atoms with Gasteiger partial charge in [0.05, 0.1) is 18.8 Å². The lowest BCUT2D eigenvalue weighted by atomic mass is 10.1. The summed E-state index contributed by atoms with van der Waals surface area (Å²) in [5, 5.41) is 0. The van der Waals surface area contributed by atoms with Crippen molar-refractivity contribution >= 4 is 21.7 Å². The lowest BCUT2D eigenvalue weighted by Crippen LogP contribution is -2.49. The van der Waals surface area contributed by atoms with Crippen molar-refractivity contribution in [3.63, 3.8) is 0 Å². The van der Waals surface area contributed by atoms with Gasteiger partial charge in [-0.25, -0.2) is 9.97 Å². The molecule has 2 heterocycles. The number of ether oxygens (including phenoxy) is 1. The normalized spacial score (nSPS) is 25.8. The van der Waals surface area contributed by atoms with Crippen molar-refractivity contribution in [2.45, 2.75) is 32.4 Å². The van der Waals surface area contributed by atoms with Crippen molar-refractivity contribution in [1.82, 2.24) is 9.97 Å². The fraction of sp³-hybridized carbons (Fsp3) is 0.636. The fourth-order valence-electron chi connectivity index (χ4n) is 1.94. The Hall–Kier alpha value is -0.680. The van der Waals surface area contributed by atoms with E-state index >= 15 is 0 Å². The Morgan fingerprint density at radius 1 is 1.56 bits per heavy atom. The highest BCUT2D eigenvalue weighted by atomic mass is 79.9. The van der Waals surface area contributed by atoms with E-state index in [2.05, 4.69) is 44.6 Å². The lowest BCUT2D eigenvalue weighted by molar-refractivity contribution is 0.0296. The third kappa shape index (κ3) is 2.52. The molecule has 1 aliphatic rings. The lowest BCUT2D eigenvalue weighted by Gasteiger charge is -2.39. The molecule has 0 saturated carbocycles. The second-order valence-electron chi connectivity index (χ2n) is 4.06. The molecule has 0 aliphatic carbocycles. The second-order valence-corrected chi connectivity index (χ2v) is 4.87. The van der Waals surface area contributed by atoms with Crippen molar-refractivity contribution in [2.75, 3.05) is 18.1 Å². The molecule has 0 radical (unpaired) electrons. The Morgan fingerprint density at radius 3 is 3.06 bits per heavy atom. The molecule has 1 aromatic heterocycles. The van der Waals surface area contributed by atoms with Crippen LogP contribution in [0.4, 0.5) is 5.82 Å². The Morgan fingerprint density at radius 2 is 2.38 bits per heavy atom. The molecule has 2 unspecified atom stereocenters. The zero-order valence-corrected chi connectivity index (χ0v) is 11.1. The monoisotopic (exact) mass is 285 g/mol. The van der Waals surface area contributed by atoms with Gasteiger partial charge in [0.25, 0.3) is 0 Å². The summed E-state index contributed by atoms with van der Waals surface area (Å²) in [6.45, 7) is 5.93. The summed E-state index contributed by atoms with van der Waals surface area (Å²) >= 11 is 3.38. The van der Waals surface area contributed by atoms with E-state index in [4.69, 9.17) is 4.74 Å². The molecular weight excluding hydrogens is 270 g/mol. The molecule has 88 valence electrons. The Kier molecular flexibility index (Phi) is 3.76. The highest BCUT2D eigenvalue weighted by Crippen LogP contribution is 2.22. The van der Waals surface area contributed by atoms with E-state index in [1.54, 1.807) is 6.33 Å².